The van der Waals surface area contributed by atoms with Gasteiger partial charge in [0.05, 0.1) is 17.2 Å². The summed E-state index contributed by atoms with van der Waals surface area (Å²) < 4.78 is 0. The van der Waals surface area contributed by atoms with Crippen molar-refractivity contribution < 1.29 is 4.79 Å². The Balaban J connectivity index is 2.39. The third kappa shape index (κ3) is 4.86. The molecule has 1 aromatic rings. The number of aromatic nitrogens is 1. The highest BCUT2D eigenvalue weighted by atomic mass is 32.2. The number of amides is 2. The van der Waals surface area contributed by atoms with Crippen LogP contribution in [0.3, 0.4) is 0 Å². The molecule has 0 radical (unpaired) electrons. The minimum absolute atomic E-state index is 0.110. The quantitative estimate of drug-likeness (QED) is 0.846. The van der Waals surface area contributed by atoms with Gasteiger partial charge in [0.15, 0.2) is 0 Å². The van der Waals surface area contributed by atoms with Crippen molar-refractivity contribution in [3.8, 4) is 0 Å². The van der Waals surface area contributed by atoms with Crippen LogP contribution >= 0.6 is 23.1 Å². The molecule has 0 saturated heterocycles. The van der Waals surface area contributed by atoms with Crippen LogP contribution in [0.2, 0.25) is 0 Å². The second kappa shape index (κ2) is 7.63. The van der Waals surface area contributed by atoms with Crippen LogP contribution in [0.1, 0.15) is 28.9 Å². The van der Waals surface area contributed by atoms with Gasteiger partial charge in [-0.25, -0.2) is 9.78 Å². The zero-order chi connectivity index (χ0) is 13.5. The van der Waals surface area contributed by atoms with Crippen molar-refractivity contribution in [2.24, 2.45) is 0 Å². The van der Waals surface area contributed by atoms with Crippen LogP contribution < -0.4 is 10.6 Å². The van der Waals surface area contributed by atoms with Crippen molar-refractivity contribution in [1.29, 1.82) is 0 Å². The maximum atomic E-state index is 11.7. The summed E-state index contributed by atoms with van der Waals surface area (Å²) in [6, 6.07) is 0.124. The highest BCUT2D eigenvalue weighted by Crippen LogP contribution is 2.15. The monoisotopic (exact) mass is 287 g/mol. The van der Waals surface area contributed by atoms with Crippen molar-refractivity contribution in [3.63, 3.8) is 0 Å². The van der Waals surface area contributed by atoms with E-state index in [1.54, 1.807) is 23.1 Å². The molecule has 0 aromatic carbocycles. The molecule has 0 spiro atoms. The third-order valence-electron chi connectivity index (χ3n) is 2.61. The highest BCUT2D eigenvalue weighted by molar-refractivity contribution is 7.98. The Morgan fingerprint density at radius 1 is 1.50 bits per heavy atom. The van der Waals surface area contributed by atoms with Gasteiger partial charge in [-0.05, 0) is 26.5 Å². The first-order chi connectivity index (χ1) is 8.56. The zero-order valence-electron chi connectivity index (χ0n) is 11.4. The number of thioether (sulfide) groups is 1. The van der Waals surface area contributed by atoms with E-state index in [1.807, 2.05) is 20.1 Å². The topological polar surface area (TPSA) is 54.0 Å². The number of hydrogen-bond acceptors (Lipinski definition) is 4. The lowest BCUT2D eigenvalue weighted by atomic mass is 10.3. The molecule has 102 valence electrons. The van der Waals surface area contributed by atoms with Crippen LogP contribution in [0.5, 0.6) is 0 Å². The first-order valence-electron chi connectivity index (χ1n) is 6.03. The van der Waals surface area contributed by atoms with Gasteiger partial charge in [-0.2, -0.15) is 11.8 Å². The molecule has 0 saturated carbocycles. The van der Waals surface area contributed by atoms with Crippen molar-refractivity contribution in [3.05, 3.63) is 15.6 Å². The molecule has 0 aliphatic heterocycles. The fraction of sp³-hybridized carbons (Fsp3) is 0.667. The van der Waals surface area contributed by atoms with Gasteiger partial charge >= 0.3 is 6.03 Å². The molecule has 18 heavy (non-hydrogen) atoms. The zero-order valence-corrected chi connectivity index (χ0v) is 13.0. The SMILES string of the molecule is CC[C@@H](CSC)NC(=O)NCc1nc(C)sc1C. The fourth-order valence-corrected chi connectivity index (χ4v) is 3.16. The van der Waals surface area contributed by atoms with Crippen molar-refractivity contribution in [2.45, 2.75) is 39.8 Å². The van der Waals surface area contributed by atoms with E-state index in [9.17, 15) is 4.79 Å². The summed E-state index contributed by atoms with van der Waals surface area (Å²) in [5.41, 5.74) is 0.963. The van der Waals surface area contributed by atoms with Gasteiger partial charge in [0, 0.05) is 16.7 Å². The summed E-state index contributed by atoms with van der Waals surface area (Å²) in [4.78, 5) is 17.3. The lowest BCUT2D eigenvalue weighted by Crippen LogP contribution is -2.42. The standard InChI is InChI=1S/C12H21N3OS2/c1-5-10(7-17-4)15-12(16)13-6-11-8(2)18-9(3)14-11/h10H,5-7H2,1-4H3,(H2,13,15,16)/t10-/m0/s1. The molecule has 4 nitrogen and oxygen atoms in total. The van der Waals surface area contributed by atoms with Crippen LogP contribution in [-0.2, 0) is 6.54 Å². The van der Waals surface area contributed by atoms with Crippen molar-refractivity contribution in [1.82, 2.24) is 15.6 Å². The van der Waals surface area contributed by atoms with Gasteiger partial charge in [-0.15, -0.1) is 11.3 Å². The minimum Gasteiger partial charge on any atom is -0.335 e. The predicted molar refractivity (Wildman–Crippen MR) is 79.4 cm³/mol. The number of thiazole rings is 1. The number of aryl methyl sites for hydroxylation is 2. The van der Waals surface area contributed by atoms with Crippen LogP contribution in [0.15, 0.2) is 0 Å². The third-order valence-corrected chi connectivity index (χ3v) is 4.28. The molecule has 1 heterocycles. The average molecular weight is 287 g/mol. The smallest absolute Gasteiger partial charge is 0.315 e. The lowest BCUT2D eigenvalue weighted by molar-refractivity contribution is 0.237. The molecule has 0 fully saturated rings. The maximum absolute atomic E-state index is 11.7. The summed E-state index contributed by atoms with van der Waals surface area (Å²) >= 11 is 3.40. The molecule has 6 heteroatoms. The lowest BCUT2D eigenvalue weighted by Gasteiger charge is -2.16. The van der Waals surface area contributed by atoms with Crippen LogP contribution in [0, 0.1) is 13.8 Å². The van der Waals surface area contributed by atoms with Gasteiger partial charge in [-0.1, -0.05) is 6.92 Å². The Hall–Kier alpha value is -0.750. The number of urea groups is 1. The Morgan fingerprint density at radius 3 is 2.72 bits per heavy atom. The van der Waals surface area contributed by atoms with Gasteiger partial charge in [-0.3, -0.25) is 0 Å². The number of carbonyl (C=O) groups excluding carboxylic acids is 1. The first-order valence-corrected chi connectivity index (χ1v) is 8.24. The van der Waals surface area contributed by atoms with Crippen molar-refractivity contribution >= 4 is 29.1 Å². The van der Waals surface area contributed by atoms with Gasteiger partial charge in [0.1, 0.15) is 0 Å². The number of nitrogens with one attached hydrogen (secondary N) is 2. The molecule has 0 unspecified atom stereocenters. The molecular weight excluding hydrogens is 266 g/mol. The minimum atomic E-state index is -0.110. The summed E-state index contributed by atoms with van der Waals surface area (Å²) in [5.74, 6) is 0.943. The second-order valence-electron chi connectivity index (χ2n) is 4.12. The van der Waals surface area contributed by atoms with E-state index in [4.69, 9.17) is 0 Å². The fourth-order valence-electron chi connectivity index (χ4n) is 1.60. The molecule has 1 rings (SSSR count). The summed E-state index contributed by atoms with van der Waals surface area (Å²) in [6.07, 6.45) is 2.99. The molecule has 1 atom stereocenters. The first kappa shape index (κ1) is 15.3. The van der Waals surface area contributed by atoms with E-state index in [-0.39, 0.29) is 12.1 Å². The van der Waals surface area contributed by atoms with E-state index in [2.05, 4.69) is 22.5 Å². The van der Waals surface area contributed by atoms with Crippen LogP contribution in [0.4, 0.5) is 4.79 Å². The number of rotatable bonds is 6. The highest BCUT2D eigenvalue weighted by Gasteiger charge is 2.10. The Bertz CT molecular complexity index is 393. The Labute approximate surface area is 117 Å². The van der Waals surface area contributed by atoms with Gasteiger partial charge in [0.25, 0.3) is 0 Å². The van der Waals surface area contributed by atoms with Gasteiger partial charge < -0.3 is 10.6 Å². The molecule has 2 amide bonds. The molecular formula is C12H21N3OS2. The van der Waals surface area contributed by atoms with E-state index >= 15 is 0 Å². The summed E-state index contributed by atoms with van der Waals surface area (Å²) in [6.45, 7) is 6.59. The normalized spacial score (nSPS) is 12.2. The number of nitrogens with zero attached hydrogens (tertiary/aromatic N) is 1. The van der Waals surface area contributed by atoms with E-state index in [0.717, 1.165) is 22.9 Å². The largest absolute Gasteiger partial charge is 0.335 e. The average Bonchev–Trinajstić information content (AvgIpc) is 2.64. The van der Waals surface area contributed by atoms with Crippen LogP contribution in [0.25, 0.3) is 0 Å². The summed E-state index contributed by atoms with van der Waals surface area (Å²) in [5, 5.41) is 6.87. The van der Waals surface area contributed by atoms with E-state index in [1.165, 1.54) is 4.88 Å². The second-order valence-corrected chi connectivity index (χ2v) is 6.44. The van der Waals surface area contributed by atoms with Gasteiger partial charge in [0.2, 0.25) is 0 Å². The maximum Gasteiger partial charge on any atom is 0.315 e. The van der Waals surface area contributed by atoms with E-state index < -0.39 is 0 Å². The molecule has 0 aliphatic rings. The predicted octanol–water partition coefficient (Wildman–Crippen LogP) is 2.70. The molecule has 2 N–H and O–H groups in total. The van der Waals surface area contributed by atoms with E-state index in [0.29, 0.717) is 6.54 Å². The molecule has 0 bridgehead atoms. The summed E-state index contributed by atoms with van der Waals surface area (Å²) in [7, 11) is 0. The Morgan fingerprint density at radius 2 is 2.22 bits per heavy atom. The molecule has 0 aliphatic carbocycles. The Kier molecular flexibility index (Phi) is 6.49. The molecule has 1 aromatic heterocycles. The number of carbonyl (C=O) groups is 1. The van der Waals surface area contributed by atoms with Crippen molar-refractivity contribution in [2.75, 3.05) is 12.0 Å². The number of hydrogen-bond donors (Lipinski definition) is 2. The van der Waals surface area contributed by atoms with Crippen LogP contribution in [-0.4, -0.2) is 29.1 Å².